The number of carbonyl (C=O) groups excluding carboxylic acids is 2. The lowest BCUT2D eigenvalue weighted by molar-refractivity contribution is 0.0944. The normalized spacial score (nSPS) is 12.9. The molecule has 5 N–H and O–H groups in total. The number of amides is 2. The van der Waals surface area contributed by atoms with Crippen LogP contribution in [0.4, 0.5) is 0 Å². The van der Waals surface area contributed by atoms with Crippen molar-refractivity contribution in [3.8, 4) is 0 Å². The van der Waals surface area contributed by atoms with Gasteiger partial charge in [0.25, 0.3) is 5.91 Å². The molecule has 0 saturated carbocycles. The van der Waals surface area contributed by atoms with Crippen LogP contribution in [0.25, 0.3) is 0 Å². The van der Waals surface area contributed by atoms with Crippen molar-refractivity contribution in [2.75, 3.05) is 6.54 Å². The van der Waals surface area contributed by atoms with Crippen molar-refractivity contribution < 1.29 is 9.59 Å². The highest BCUT2D eigenvalue weighted by molar-refractivity contribution is 5.94. The van der Waals surface area contributed by atoms with Crippen molar-refractivity contribution in [1.82, 2.24) is 20.8 Å². The molecule has 2 amide bonds. The molecule has 23 heavy (non-hydrogen) atoms. The van der Waals surface area contributed by atoms with E-state index < -0.39 is 5.91 Å². The number of fused-ring (bicyclic) bond motifs is 1. The Labute approximate surface area is 139 Å². The first-order chi connectivity index (χ1) is 10.6. The molecule has 0 bridgehead atoms. The number of hydrogen-bond acceptors (Lipinski definition) is 4. The van der Waals surface area contributed by atoms with E-state index in [0.717, 1.165) is 29.8 Å². The van der Waals surface area contributed by atoms with Crippen molar-refractivity contribution >= 4 is 24.2 Å². The van der Waals surface area contributed by atoms with Crippen LogP contribution in [-0.2, 0) is 19.5 Å². The highest BCUT2D eigenvalue weighted by Gasteiger charge is 2.21. The predicted octanol–water partition coefficient (Wildman–Crippen LogP) is 0.506. The molecule has 3 rings (SSSR count). The van der Waals surface area contributed by atoms with Gasteiger partial charge in [-0.1, -0.05) is 12.1 Å². The Morgan fingerprint density at radius 3 is 2.96 bits per heavy atom. The molecule has 0 unspecified atom stereocenters. The summed E-state index contributed by atoms with van der Waals surface area (Å²) in [5, 5.41) is 13.1. The van der Waals surface area contributed by atoms with Crippen molar-refractivity contribution in [1.29, 1.82) is 0 Å². The number of rotatable bonds is 4. The molecule has 1 aromatic heterocycles. The van der Waals surface area contributed by atoms with Crippen LogP contribution >= 0.6 is 12.4 Å². The Morgan fingerprint density at radius 1 is 1.35 bits per heavy atom. The number of H-pyrrole nitrogens is 1. The van der Waals surface area contributed by atoms with E-state index in [1.807, 2.05) is 6.07 Å². The zero-order valence-corrected chi connectivity index (χ0v) is 13.2. The van der Waals surface area contributed by atoms with Crippen LogP contribution < -0.4 is 16.4 Å². The molecule has 1 aliphatic rings. The summed E-state index contributed by atoms with van der Waals surface area (Å²) in [5.41, 5.74) is 8.84. The highest BCUT2D eigenvalue weighted by Crippen LogP contribution is 2.15. The molecule has 0 spiro atoms. The van der Waals surface area contributed by atoms with Gasteiger partial charge in [-0.05, 0) is 17.7 Å². The summed E-state index contributed by atoms with van der Waals surface area (Å²) >= 11 is 0. The second-order valence-corrected chi connectivity index (χ2v) is 5.20. The molecule has 8 heteroatoms. The standard InChI is InChI=1S/C15H17N5O2.ClH/c16-14(21)10-3-1-2-9(6-10)7-18-15(22)13-11-8-17-5-4-12(11)19-20-13;/h1-3,6,17H,4-5,7-8H2,(H2,16,21)(H,18,22)(H,19,20);1H. The minimum absolute atomic E-state index is 0. The first-order valence-electron chi connectivity index (χ1n) is 7.09. The molecule has 0 aliphatic carbocycles. The van der Waals surface area contributed by atoms with Crippen LogP contribution in [0.5, 0.6) is 0 Å². The summed E-state index contributed by atoms with van der Waals surface area (Å²) in [6.07, 6.45) is 0.844. The minimum Gasteiger partial charge on any atom is -0.366 e. The predicted molar refractivity (Wildman–Crippen MR) is 87.4 cm³/mol. The van der Waals surface area contributed by atoms with Crippen molar-refractivity contribution in [2.45, 2.75) is 19.5 Å². The average Bonchev–Trinajstić information content (AvgIpc) is 2.97. The Bertz CT molecular complexity index is 728. The van der Waals surface area contributed by atoms with E-state index in [-0.39, 0.29) is 18.3 Å². The topological polar surface area (TPSA) is 113 Å². The largest absolute Gasteiger partial charge is 0.366 e. The third-order valence-electron chi connectivity index (χ3n) is 3.69. The van der Waals surface area contributed by atoms with Crippen LogP contribution in [0, 0.1) is 0 Å². The van der Waals surface area contributed by atoms with Gasteiger partial charge < -0.3 is 16.4 Å². The van der Waals surface area contributed by atoms with E-state index in [1.54, 1.807) is 18.2 Å². The maximum atomic E-state index is 12.3. The van der Waals surface area contributed by atoms with Crippen LogP contribution in [0.2, 0.25) is 0 Å². The van der Waals surface area contributed by atoms with E-state index in [1.165, 1.54) is 0 Å². The van der Waals surface area contributed by atoms with E-state index in [9.17, 15) is 9.59 Å². The van der Waals surface area contributed by atoms with Crippen LogP contribution in [0.1, 0.15) is 37.7 Å². The summed E-state index contributed by atoms with van der Waals surface area (Å²) in [5.74, 6) is -0.716. The molecule has 7 nitrogen and oxygen atoms in total. The van der Waals surface area contributed by atoms with Gasteiger partial charge in [0.2, 0.25) is 5.91 Å². The number of benzene rings is 1. The average molecular weight is 336 g/mol. The number of aromatic amines is 1. The molecule has 0 radical (unpaired) electrons. The number of aromatic nitrogens is 2. The quantitative estimate of drug-likeness (QED) is 0.651. The van der Waals surface area contributed by atoms with E-state index in [0.29, 0.717) is 24.3 Å². The zero-order chi connectivity index (χ0) is 15.5. The molecule has 122 valence electrons. The number of halogens is 1. The van der Waals surface area contributed by atoms with Gasteiger partial charge in [-0.2, -0.15) is 5.10 Å². The van der Waals surface area contributed by atoms with Crippen molar-refractivity contribution in [2.24, 2.45) is 5.73 Å². The molecule has 2 aromatic rings. The van der Waals surface area contributed by atoms with Crippen LogP contribution in [0.15, 0.2) is 24.3 Å². The Hall–Kier alpha value is -2.38. The lowest BCUT2D eigenvalue weighted by atomic mass is 10.1. The molecular formula is C15H18ClN5O2. The first-order valence-corrected chi connectivity index (χ1v) is 7.09. The minimum atomic E-state index is -0.486. The van der Waals surface area contributed by atoms with Crippen LogP contribution in [0.3, 0.4) is 0 Å². The second-order valence-electron chi connectivity index (χ2n) is 5.20. The van der Waals surface area contributed by atoms with Gasteiger partial charge in [0, 0.05) is 42.9 Å². The molecule has 0 fully saturated rings. The second kappa shape index (κ2) is 7.26. The third-order valence-corrected chi connectivity index (χ3v) is 3.69. The lowest BCUT2D eigenvalue weighted by Gasteiger charge is -2.13. The fourth-order valence-corrected chi connectivity index (χ4v) is 2.51. The van der Waals surface area contributed by atoms with Gasteiger partial charge in [-0.15, -0.1) is 12.4 Å². The van der Waals surface area contributed by atoms with E-state index in [2.05, 4.69) is 20.8 Å². The zero-order valence-electron chi connectivity index (χ0n) is 12.4. The number of nitrogens with one attached hydrogen (secondary N) is 3. The molecule has 0 saturated heterocycles. The van der Waals surface area contributed by atoms with Crippen molar-refractivity contribution in [3.63, 3.8) is 0 Å². The van der Waals surface area contributed by atoms with Crippen LogP contribution in [-0.4, -0.2) is 28.6 Å². The Kier molecular flexibility index (Phi) is 5.36. The SMILES string of the molecule is Cl.NC(=O)c1cccc(CNC(=O)c2n[nH]c3c2CNCC3)c1. The molecule has 2 heterocycles. The number of nitrogens with two attached hydrogens (primary N) is 1. The monoisotopic (exact) mass is 335 g/mol. The summed E-state index contributed by atoms with van der Waals surface area (Å²) in [6, 6.07) is 6.88. The van der Waals surface area contributed by atoms with Gasteiger partial charge in [0.05, 0.1) is 0 Å². The summed E-state index contributed by atoms with van der Waals surface area (Å²) in [7, 11) is 0. The smallest absolute Gasteiger partial charge is 0.272 e. The maximum absolute atomic E-state index is 12.3. The third kappa shape index (κ3) is 3.69. The van der Waals surface area contributed by atoms with Gasteiger partial charge in [-0.25, -0.2) is 0 Å². The highest BCUT2D eigenvalue weighted by atomic mass is 35.5. The van der Waals surface area contributed by atoms with E-state index >= 15 is 0 Å². The van der Waals surface area contributed by atoms with Crippen molar-refractivity contribution in [3.05, 3.63) is 52.3 Å². The van der Waals surface area contributed by atoms with Gasteiger partial charge in [-0.3, -0.25) is 14.7 Å². The Balaban J connectivity index is 0.00000192. The van der Waals surface area contributed by atoms with E-state index in [4.69, 9.17) is 5.73 Å². The molecule has 1 aromatic carbocycles. The number of carbonyl (C=O) groups is 2. The van der Waals surface area contributed by atoms with Gasteiger partial charge in [0.1, 0.15) is 0 Å². The van der Waals surface area contributed by atoms with Gasteiger partial charge >= 0.3 is 0 Å². The fraction of sp³-hybridized carbons (Fsp3) is 0.267. The Morgan fingerprint density at radius 2 is 2.17 bits per heavy atom. The molecular weight excluding hydrogens is 318 g/mol. The molecule has 1 aliphatic heterocycles. The molecule has 0 atom stereocenters. The maximum Gasteiger partial charge on any atom is 0.272 e. The lowest BCUT2D eigenvalue weighted by Crippen LogP contribution is -2.28. The summed E-state index contributed by atoms with van der Waals surface area (Å²) in [6.45, 7) is 1.84. The number of primary amides is 1. The summed E-state index contributed by atoms with van der Waals surface area (Å²) in [4.78, 5) is 23.4. The first kappa shape index (κ1) is 17.0. The number of nitrogens with zero attached hydrogens (tertiary/aromatic N) is 1. The number of hydrogen-bond donors (Lipinski definition) is 4. The summed E-state index contributed by atoms with van der Waals surface area (Å²) < 4.78 is 0. The fourth-order valence-electron chi connectivity index (χ4n) is 2.51. The van der Waals surface area contributed by atoms with Gasteiger partial charge in [0.15, 0.2) is 5.69 Å².